The minimum Gasteiger partial charge on any atom is -0.384 e. The Morgan fingerprint density at radius 2 is 2.32 bits per heavy atom. The number of nitrogens with zero attached hydrogens (tertiary/aromatic N) is 1. The smallest absolute Gasteiger partial charge is 0.104 e. The lowest BCUT2D eigenvalue weighted by Crippen LogP contribution is -2.28. The normalized spacial score (nSPS) is 14.8. The van der Waals surface area contributed by atoms with Crippen molar-refractivity contribution in [1.82, 2.24) is 4.90 Å². The standard InChI is InChI=1S/C15H15NOS2/c17-6-1-2-12-8-14(19-11-12)10-16-5-3-15-13(9-16)4-7-18-15/h4,7-8,11,17H,3,5-6,9-10H2. The van der Waals surface area contributed by atoms with Crippen LogP contribution in [0.25, 0.3) is 0 Å². The number of rotatable bonds is 2. The van der Waals surface area contributed by atoms with Crippen molar-refractivity contribution in [3.8, 4) is 11.8 Å². The highest BCUT2D eigenvalue weighted by Crippen LogP contribution is 2.26. The van der Waals surface area contributed by atoms with Gasteiger partial charge < -0.3 is 5.11 Å². The summed E-state index contributed by atoms with van der Waals surface area (Å²) >= 11 is 3.63. The SMILES string of the molecule is OCC#Cc1csc(CN2CCc3sccc3C2)c1. The molecule has 0 fully saturated rings. The topological polar surface area (TPSA) is 23.5 Å². The summed E-state index contributed by atoms with van der Waals surface area (Å²) in [4.78, 5) is 5.39. The second-order valence-electron chi connectivity index (χ2n) is 4.59. The molecule has 0 atom stereocenters. The number of hydrogen-bond acceptors (Lipinski definition) is 4. The van der Waals surface area contributed by atoms with Crippen LogP contribution in [0, 0.1) is 11.8 Å². The summed E-state index contributed by atoms with van der Waals surface area (Å²) in [5, 5.41) is 13.0. The Morgan fingerprint density at radius 1 is 1.37 bits per heavy atom. The summed E-state index contributed by atoms with van der Waals surface area (Å²) in [6.45, 7) is 3.14. The van der Waals surface area contributed by atoms with Crippen LogP contribution in [-0.4, -0.2) is 23.2 Å². The van der Waals surface area contributed by atoms with Crippen LogP contribution in [0.2, 0.25) is 0 Å². The van der Waals surface area contributed by atoms with Gasteiger partial charge in [-0.25, -0.2) is 0 Å². The van der Waals surface area contributed by atoms with Crippen LogP contribution in [0.5, 0.6) is 0 Å². The number of aliphatic hydroxyl groups is 1. The molecule has 1 N–H and O–H groups in total. The van der Waals surface area contributed by atoms with Gasteiger partial charge in [0.15, 0.2) is 0 Å². The van der Waals surface area contributed by atoms with Crippen LogP contribution in [0.1, 0.15) is 20.9 Å². The van der Waals surface area contributed by atoms with Gasteiger partial charge in [-0.3, -0.25) is 4.90 Å². The van der Waals surface area contributed by atoms with Crippen LogP contribution >= 0.6 is 22.7 Å². The molecule has 2 aromatic rings. The number of thiophene rings is 2. The van der Waals surface area contributed by atoms with E-state index in [0.29, 0.717) is 0 Å². The Morgan fingerprint density at radius 3 is 3.21 bits per heavy atom. The van der Waals surface area contributed by atoms with Crippen molar-refractivity contribution in [1.29, 1.82) is 0 Å². The largest absolute Gasteiger partial charge is 0.384 e. The zero-order valence-corrected chi connectivity index (χ0v) is 12.2. The van der Waals surface area contributed by atoms with E-state index in [1.807, 2.05) is 11.3 Å². The molecule has 0 aromatic carbocycles. The van der Waals surface area contributed by atoms with E-state index in [0.717, 1.165) is 25.2 Å². The first-order valence-electron chi connectivity index (χ1n) is 6.30. The summed E-state index contributed by atoms with van der Waals surface area (Å²) in [5.74, 6) is 5.65. The highest BCUT2D eigenvalue weighted by molar-refractivity contribution is 7.10. The summed E-state index contributed by atoms with van der Waals surface area (Å²) in [7, 11) is 0. The molecule has 3 rings (SSSR count). The quantitative estimate of drug-likeness (QED) is 0.859. The average Bonchev–Trinajstić information content (AvgIpc) is 3.05. The van der Waals surface area contributed by atoms with Crippen LogP contribution < -0.4 is 0 Å². The maximum Gasteiger partial charge on any atom is 0.104 e. The van der Waals surface area contributed by atoms with Crippen LogP contribution in [0.3, 0.4) is 0 Å². The molecule has 0 radical (unpaired) electrons. The monoisotopic (exact) mass is 289 g/mol. The molecule has 1 aliphatic heterocycles. The molecule has 4 heteroatoms. The fraction of sp³-hybridized carbons (Fsp3) is 0.333. The van der Waals surface area contributed by atoms with Crippen molar-refractivity contribution < 1.29 is 5.11 Å². The van der Waals surface area contributed by atoms with E-state index < -0.39 is 0 Å². The summed E-state index contributed by atoms with van der Waals surface area (Å²) in [6.07, 6.45) is 1.18. The number of aliphatic hydroxyl groups excluding tert-OH is 1. The third-order valence-corrected chi connectivity index (χ3v) is 5.18. The van der Waals surface area contributed by atoms with Gasteiger partial charge in [-0.2, -0.15) is 0 Å². The van der Waals surface area contributed by atoms with Crippen molar-refractivity contribution in [3.05, 3.63) is 43.8 Å². The van der Waals surface area contributed by atoms with Crippen molar-refractivity contribution in [2.45, 2.75) is 19.5 Å². The maximum absolute atomic E-state index is 8.69. The first-order valence-corrected chi connectivity index (χ1v) is 8.06. The maximum atomic E-state index is 8.69. The predicted octanol–water partition coefficient (Wildman–Crippen LogP) is 2.71. The van der Waals surface area contributed by atoms with Gasteiger partial charge in [0.2, 0.25) is 0 Å². The van der Waals surface area contributed by atoms with E-state index in [1.165, 1.54) is 16.9 Å². The molecule has 0 saturated heterocycles. The van der Waals surface area contributed by atoms with E-state index in [4.69, 9.17) is 5.11 Å². The molecular formula is C15H15NOS2. The van der Waals surface area contributed by atoms with Gasteiger partial charge in [-0.15, -0.1) is 22.7 Å². The second-order valence-corrected chi connectivity index (χ2v) is 6.59. The molecule has 0 amide bonds. The molecule has 0 spiro atoms. The fourth-order valence-electron chi connectivity index (χ4n) is 2.33. The average molecular weight is 289 g/mol. The van der Waals surface area contributed by atoms with E-state index in [9.17, 15) is 0 Å². The third-order valence-electron chi connectivity index (χ3n) is 3.23. The van der Waals surface area contributed by atoms with Gasteiger partial charge in [0.05, 0.1) is 0 Å². The van der Waals surface area contributed by atoms with Gasteiger partial charge in [0.25, 0.3) is 0 Å². The van der Waals surface area contributed by atoms with Crippen molar-refractivity contribution >= 4 is 22.7 Å². The Kier molecular flexibility index (Phi) is 4.00. The molecule has 3 heterocycles. The van der Waals surface area contributed by atoms with E-state index in [2.05, 4.69) is 39.6 Å². The molecule has 0 saturated carbocycles. The highest BCUT2D eigenvalue weighted by Gasteiger charge is 2.17. The minimum atomic E-state index is -0.0712. The van der Waals surface area contributed by atoms with Gasteiger partial charge in [-0.05, 0) is 29.5 Å². The lowest BCUT2D eigenvalue weighted by Gasteiger charge is -2.26. The molecule has 0 aliphatic carbocycles. The Hall–Kier alpha value is -1.12. The number of fused-ring (bicyclic) bond motifs is 1. The molecule has 0 bridgehead atoms. The Bertz CT molecular complexity index is 617. The van der Waals surface area contributed by atoms with E-state index in [-0.39, 0.29) is 6.61 Å². The summed E-state index contributed by atoms with van der Waals surface area (Å²) < 4.78 is 0. The summed E-state index contributed by atoms with van der Waals surface area (Å²) in [6, 6.07) is 4.38. The lowest BCUT2D eigenvalue weighted by atomic mass is 10.1. The molecule has 19 heavy (non-hydrogen) atoms. The van der Waals surface area contributed by atoms with Crippen LogP contribution in [0.15, 0.2) is 22.9 Å². The zero-order chi connectivity index (χ0) is 13.1. The molecule has 1 aliphatic rings. The highest BCUT2D eigenvalue weighted by atomic mass is 32.1. The molecule has 98 valence electrons. The first kappa shape index (κ1) is 12.9. The molecule has 0 unspecified atom stereocenters. The summed E-state index contributed by atoms with van der Waals surface area (Å²) in [5.41, 5.74) is 2.51. The Balaban J connectivity index is 1.65. The third kappa shape index (κ3) is 3.07. The van der Waals surface area contributed by atoms with Gasteiger partial charge >= 0.3 is 0 Å². The van der Waals surface area contributed by atoms with Gasteiger partial charge in [0.1, 0.15) is 6.61 Å². The van der Waals surface area contributed by atoms with Gasteiger partial charge in [-0.1, -0.05) is 11.8 Å². The predicted molar refractivity (Wildman–Crippen MR) is 80.4 cm³/mol. The molecule has 2 nitrogen and oxygen atoms in total. The molecule has 2 aromatic heterocycles. The molecular weight excluding hydrogens is 274 g/mol. The van der Waals surface area contributed by atoms with E-state index in [1.54, 1.807) is 16.2 Å². The number of hydrogen-bond donors (Lipinski definition) is 1. The van der Waals surface area contributed by atoms with Crippen molar-refractivity contribution in [2.75, 3.05) is 13.2 Å². The van der Waals surface area contributed by atoms with E-state index >= 15 is 0 Å². The first-order chi connectivity index (χ1) is 9.35. The fourth-order valence-corrected chi connectivity index (χ4v) is 4.08. The minimum absolute atomic E-state index is 0.0712. The zero-order valence-electron chi connectivity index (χ0n) is 10.6. The van der Waals surface area contributed by atoms with Crippen LogP contribution in [-0.2, 0) is 19.5 Å². The second kappa shape index (κ2) is 5.89. The van der Waals surface area contributed by atoms with Crippen LogP contribution in [0.4, 0.5) is 0 Å². The van der Waals surface area contributed by atoms with Gasteiger partial charge in [0, 0.05) is 40.3 Å². The van der Waals surface area contributed by atoms with Crippen molar-refractivity contribution in [3.63, 3.8) is 0 Å². The Labute approximate surface area is 121 Å². The lowest BCUT2D eigenvalue weighted by molar-refractivity contribution is 0.249. The van der Waals surface area contributed by atoms with Crippen molar-refractivity contribution in [2.24, 2.45) is 0 Å².